The van der Waals surface area contributed by atoms with E-state index in [9.17, 15) is 8.42 Å². The third-order valence-electron chi connectivity index (χ3n) is 4.85. The van der Waals surface area contributed by atoms with Gasteiger partial charge in [0.1, 0.15) is 0 Å². The molecule has 0 amide bonds. The van der Waals surface area contributed by atoms with Gasteiger partial charge in [-0.25, -0.2) is 8.42 Å². The Bertz CT molecular complexity index is 734. The molecule has 0 radical (unpaired) electrons. The highest BCUT2D eigenvalue weighted by molar-refractivity contribution is 14.0. The van der Waals surface area contributed by atoms with Crippen LogP contribution in [0.4, 0.5) is 0 Å². The number of hydrogen-bond donors (Lipinski definition) is 2. The number of halogens is 1. The van der Waals surface area contributed by atoms with Gasteiger partial charge in [0, 0.05) is 32.7 Å². The molecule has 1 atom stereocenters. The molecule has 1 fully saturated rings. The molecule has 1 aromatic rings. The fraction of sp³-hybridized carbons (Fsp3) is 0.632. The lowest BCUT2D eigenvalue weighted by molar-refractivity contribution is 0.0729. The van der Waals surface area contributed by atoms with Crippen LogP contribution in [0.15, 0.2) is 29.3 Å². The molecule has 28 heavy (non-hydrogen) atoms. The van der Waals surface area contributed by atoms with Crippen LogP contribution in [0.2, 0.25) is 0 Å². The summed E-state index contributed by atoms with van der Waals surface area (Å²) in [7, 11) is -1.62. The zero-order valence-electron chi connectivity index (χ0n) is 17.1. The minimum atomic E-state index is -3.35. The van der Waals surface area contributed by atoms with Gasteiger partial charge in [0.2, 0.25) is 10.0 Å². The lowest BCUT2D eigenvalue weighted by Gasteiger charge is -2.26. The lowest BCUT2D eigenvalue weighted by Crippen LogP contribution is -2.44. The van der Waals surface area contributed by atoms with E-state index in [1.165, 1.54) is 4.31 Å². The fourth-order valence-corrected chi connectivity index (χ4v) is 4.30. The van der Waals surface area contributed by atoms with Crippen molar-refractivity contribution in [3.63, 3.8) is 0 Å². The van der Waals surface area contributed by atoms with Gasteiger partial charge in [-0.1, -0.05) is 38.1 Å². The highest BCUT2D eigenvalue weighted by Crippen LogP contribution is 2.16. The van der Waals surface area contributed by atoms with Crippen LogP contribution >= 0.6 is 24.0 Å². The Morgan fingerprint density at radius 1 is 1.18 bits per heavy atom. The van der Waals surface area contributed by atoms with Gasteiger partial charge >= 0.3 is 0 Å². The van der Waals surface area contributed by atoms with Crippen molar-refractivity contribution in [2.24, 2.45) is 10.9 Å². The van der Waals surface area contributed by atoms with Crippen molar-refractivity contribution in [1.29, 1.82) is 0 Å². The molecule has 0 bridgehead atoms. The van der Waals surface area contributed by atoms with Crippen LogP contribution < -0.4 is 10.6 Å². The number of hydrogen-bond acceptors (Lipinski definition) is 4. The summed E-state index contributed by atoms with van der Waals surface area (Å²) >= 11 is 0. The summed E-state index contributed by atoms with van der Waals surface area (Å²) in [5.74, 6) is 1.19. The molecule has 0 spiro atoms. The molecule has 1 aliphatic rings. The number of nitrogens with zero attached hydrogens (tertiary/aromatic N) is 2. The first-order chi connectivity index (χ1) is 12.8. The first-order valence-corrected chi connectivity index (χ1v) is 11.0. The summed E-state index contributed by atoms with van der Waals surface area (Å²) in [4.78, 5) is 4.26. The van der Waals surface area contributed by atoms with Gasteiger partial charge in [0.05, 0.1) is 19.0 Å². The zero-order chi connectivity index (χ0) is 19.9. The van der Waals surface area contributed by atoms with E-state index in [1.54, 1.807) is 7.05 Å². The van der Waals surface area contributed by atoms with E-state index < -0.39 is 10.0 Å². The number of morpholine rings is 1. The molecule has 7 nitrogen and oxygen atoms in total. The van der Waals surface area contributed by atoms with E-state index in [-0.39, 0.29) is 35.8 Å². The Kier molecular flexibility index (Phi) is 10.7. The molecule has 1 aromatic carbocycles. The van der Waals surface area contributed by atoms with Crippen molar-refractivity contribution < 1.29 is 13.2 Å². The molecule has 0 saturated carbocycles. The summed E-state index contributed by atoms with van der Waals surface area (Å²) < 4.78 is 32.2. The zero-order valence-corrected chi connectivity index (χ0v) is 20.3. The van der Waals surface area contributed by atoms with Gasteiger partial charge in [-0.2, -0.15) is 4.31 Å². The average molecular weight is 524 g/mol. The predicted molar refractivity (Wildman–Crippen MR) is 125 cm³/mol. The smallest absolute Gasteiger partial charge is 0.218 e. The monoisotopic (exact) mass is 524 g/mol. The number of nitrogens with one attached hydrogen (secondary N) is 2. The SMILES string of the molecule is CN=C(NCc1ccccc1CS(=O)(=O)N1CCOCC1)NC(C)C(C)C.I. The van der Waals surface area contributed by atoms with Crippen LogP contribution in [-0.2, 0) is 27.1 Å². The Labute approximate surface area is 186 Å². The van der Waals surface area contributed by atoms with Gasteiger partial charge in [-0.3, -0.25) is 4.99 Å². The maximum absolute atomic E-state index is 12.7. The van der Waals surface area contributed by atoms with Crippen LogP contribution in [0, 0.1) is 5.92 Å². The molecule has 1 heterocycles. The summed E-state index contributed by atoms with van der Waals surface area (Å²) in [6.45, 7) is 8.68. The molecule has 0 aromatic heterocycles. The molecular formula is C19H33IN4O3S. The number of benzene rings is 1. The molecule has 1 saturated heterocycles. The molecule has 0 aliphatic carbocycles. The average Bonchev–Trinajstić information content (AvgIpc) is 2.66. The molecule has 9 heteroatoms. The second-order valence-corrected chi connectivity index (χ2v) is 9.11. The Balaban J connectivity index is 0.00000392. The first-order valence-electron chi connectivity index (χ1n) is 9.43. The minimum Gasteiger partial charge on any atom is -0.379 e. The molecule has 2 N–H and O–H groups in total. The lowest BCUT2D eigenvalue weighted by atomic mass is 10.1. The van der Waals surface area contributed by atoms with Crippen LogP contribution in [0.1, 0.15) is 31.9 Å². The van der Waals surface area contributed by atoms with E-state index in [2.05, 4.69) is 36.4 Å². The number of aliphatic imine (C=N–C) groups is 1. The highest BCUT2D eigenvalue weighted by Gasteiger charge is 2.25. The summed E-state index contributed by atoms with van der Waals surface area (Å²) in [5.41, 5.74) is 1.76. The fourth-order valence-electron chi connectivity index (χ4n) is 2.74. The van der Waals surface area contributed by atoms with Crippen LogP contribution in [0.3, 0.4) is 0 Å². The van der Waals surface area contributed by atoms with E-state index in [4.69, 9.17) is 4.74 Å². The van der Waals surface area contributed by atoms with Crippen molar-refractivity contribution in [1.82, 2.24) is 14.9 Å². The van der Waals surface area contributed by atoms with Crippen molar-refractivity contribution in [3.8, 4) is 0 Å². The van der Waals surface area contributed by atoms with Crippen molar-refractivity contribution in [3.05, 3.63) is 35.4 Å². The minimum absolute atomic E-state index is 0. The van der Waals surface area contributed by atoms with Crippen LogP contribution in [-0.4, -0.2) is 58.1 Å². The standard InChI is InChI=1S/C19H32N4O3S.HI/c1-15(2)16(3)22-19(20-4)21-13-17-7-5-6-8-18(17)14-27(24,25)23-9-11-26-12-10-23;/h5-8,15-16H,9-14H2,1-4H3,(H2,20,21,22);1H. The third kappa shape index (κ3) is 7.49. The van der Waals surface area contributed by atoms with Crippen molar-refractivity contribution >= 4 is 40.0 Å². The Morgan fingerprint density at radius 2 is 1.79 bits per heavy atom. The number of guanidine groups is 1. The number of ether oxygens (including phenoxy) is 1. The normalized spacial score (nSPS) is 17.1. The van der Waals surface area contributed by atoms with Crippen LogP contribution in [0.5, 0.6) is 0 Å². The number of rotatable bonds is 7. The third-order valence-corrected chi connectivity index (χ3v) is 6.68. The second-order valence-electron chi connectivity index (χ2n) is 7.14. The first kappa shape index (κ1) is 25.1. The van der Waals surface area contributed by atoms with Gasteiger partial charge in [0.25, 0.3) is 0 Å². The van der Waals surface area contributed by atoms with E-state index in [0.29, 0.717) is 44.7 Å². The molecular weight excluding hydrogens is 491 g/mol. The largest absolute Gasteiger partial charge is 0.379 e. The molecule has 1 aliphatic heterocycles. The van der Waals surface area contributed by atoms with E-state index in [1.807, 2.05) is 24.3 Å². The predicted octanol–water partition coefficient (Wildman–Crippen LogP) is 2.18. The van der Waals surface area contributed by atoms with Gasteiger partial charge < -0.3 is 15.4 Å². The van der Waals surface area contributed by atoms with Gasteiger partial charge in [0.15, 0.2) is 5.96 Å². The topological polar surface area (TPSA) is 83.0 Å². The van der Waals surface area contributed by atoms with Crippen molar-refractivity contribution in [2.75, 3.05) is 33.4 Å². The maximum atomic E-state index is 12.7. The molecule has 1 unspecified atom stereocenters. The van der Waals surface area contributed by atoms with Crippen molar-refractivity contribution in [2.45, 2.75) is 39.1 Å². The van der Waals surface area contributed by atoms with Gasteiger partial charge in [-0.15, -0.1) is 24.0 Å². The van der Waals surface area contributed by atoms with E-state index in [0.717, 1.165) is 11.1 Å². The Hall–Kier alpha value is -0.910. The van der Waals surface area contributed by atoms with Crippen LogP contribution in [0.25, 0.3) is 0 Å². The van der Waals surface area contributed by atoms with E-state index >= 15 is 0 Å². The summed E-state index contributed by atoms with van der Waals surface area (Å²) in [5, 5.41) is 6.64. The molecule has 2 rings (SSSR count). The second kappa shape index (κ2) is 11.9. The quantitative estimate of drug-likeness (QED) is 0.325. The maximum Gasteiger partial charge on any atom is 0.218 e. The highest BCUT2D eigenvalue weighted by atomic mass is 127. The molecule has 160 valence electrons. The number of sulfonamides is 1. The van der Waals surface area contributed by atoms with Gasteiger partial charge in [-0.05, 0) is 24.0 Å². The summed E-state index contributed by atoms with van der Waals surface area (Å²) in [6, 6.07) is 7.92. The summed E-state index contributed by atoms with van der Waals surface area (Å²) in [6.07, 6.45) is 0. The Morgan fingerprint density at radius 3 is 2.36 bits per heavy atom.